The fraction of sp³-hybridized carbons (Fsp3) is 0.591. The highest BCUT2D eigenvalue weighted by molar-refractivity contribution is 5.98. The second kappa shape index (κ2) is 13.7. The lowest BCUT2D eigenvalue weighted by Gasteiger charge is -2.30. The first-order valence-electron chi connectivity index (χ1n) is 10.3. The Hall–Kier alpha value is -2.37. The Balaban J connectivity index is 0.000000425. The van der Waals surface area contributed by atoms with E-state index in [1.165, 1.54) is 18.4 Å². The first kappa shape index (κ1) is 25.6. The third-order valence-corrected chi connectivity index (χ3v) is 5.09. The normalized spacial score (nSPS) is 17.6. The van der Waals surface area contributed by atoms with Crippen LogP contribution in [0.2, 0.25) is 0 Å². The molecule has 1 fully saturated rings. The summed E-state index contributed by atoms with van der Waals surface area (Å²) >= 11 is 0. The second-order valence-corrected chi connectivity index (χ2v) is 6.83. The van der Waals surface area contributed by atoms with Gasteiger partial charge in [0.1, 0.15) is 0 Å². The van der Waals surface area contributed by atoms with Crippen LogP contribution in [0.25, 0.3) is 0 Å². The Morgan fingerprint density at radius 1 is 1.21 bits per heavy atom. The number of nitrogens with one attached hydrogen (secondary N) is 1. The predicted octanol–water partition coefficient (Wildman–Crippen LogP) is 3.71. The van der Waals surface area contributed by atoms with Gasteiger partial charge in [-0.1, -0.05) is 65.0 Å². The molecule has 0 saturated heterocycles. The molecule has 1 aliphatic carbocycles. The van der Waals surface area contributed by atoms with Crippen molar-refractivity contribution in [3.63, 3.8) is 0 Å². The predicted molar refractivity (Wildman–Crippen MR) is 117 cm³/mol. The van der Waals surface area contributed by atoms with Crippen molar-refractivity contribution in [2.45, 2.75) is 78.2 Å². The minimum absolute atomic E-state index is 0.0220. The van der Waals surface area contributed by atoms with Gasteiger partial charge in [-0.15, -0.1) is 0 Å². The largest absolute Gasteiger partial charge is 0.372 e. The maximum absolute atomic E-state index is 11.1. The number of carbonyl (C=O) groups is 2. The lowest BCUT2D eigenvalue weighted by atomic mass is 9.88. The first-order chi connectivity index (χ1) is 13.4. The molecule has 1 atom stereocenters. The SMILES string of the molecule is CC.CCC1(CC)CC(=O)NC(N)=N1.C[C@@H](c1ccccc1)C1CC1.NC=O. The van der Waals surface area contributed by atoms with Gasteiger partial charge in [-0.25, -0.2) is 4.99 Å². The number of nitrogens with two attached hydrogens (primary N) is 2. The van der Waals surface area contributed by atoms with Crippen molar-refractivity contribution in [1.82, 2.24) is 5.32 Å². The van der Waals surface area contributed by atoms with Crippen LogP contribution in [-0.4, -0.2) is 23.8 Å². The number of nitrogens with zero attached hydrogens (tertiary/aromatic N) is 1. The number of benzene rings is 1. The van der Waals surface area contributed by atoms with E-state index in [9.17, 15) is 4.79 Å². The minimum atomic E-state index is -0.244. The van der Waals surface area contributed by atoms with Crippen molar-refractivity contribution in [2.75, 3.05) is 0 Å². The molecule has 0 spiro atoms. The summed E-state index contributed by atoms with van der Waals surface area (Å²) in [5, 5.41) is 2.49. The van der Waals surface area contributed by atoms with E-state index >= 15 is 0 Å². The second-order valence-electron chi connectivity index (χ2n) is 6.83. The highest BCUT2D eigenvalue weighted by atomic mass is 16.2. The molecule has 2 aliphatic rings. The Morgan fingerprint density at radius 3 is 2.11 bits per heavy atom. The summed E-state index contributed by atoms with van der Waals surface area (Å²) in [4.78, 5) is 24.0. The summed E-state index contributed by atoms with van der Waals surface area (Å²) in [5.74, 6) is 2.01. The molecule has 6 nitrogen and oxygen atoms in total. The summed E-state index contributed by atoms with van der Waals surface area (Å²) in [6, 6.07) is 10.8. The Labute approximate surface area is 170 Å². The van der Waals surface area contributed by atoms with Crippen molar-refractivity contribution >= 4 is 18.3 Å². The minimum Gasteiger partial charge on any atom is -0.372 e. The Kier molecular flexibility index (Phi) is 12.6. The van der Waals surface area contributed by atoms with E-state index in [1.54, 1.807) is 0 Å². The van der Waals surface area contributed by atoms with Crippen molar-refractivity contribution in [2.24, 2.45) is 22.4 Å². The summed E-state index contributed by atoms with van der Waals surface area (Å²) in [6.45, 7) is 10.4. The molecule has 1 heterocycles. The molecule has 6 heteroatoms. The number of carbonyl (C=O) groups excluding carboxylic acids is 2. The molecule has 1 aromatic rings. The van der Waals surface area contributed by atoms with Crippen LogP contribution < -0.4 is 16.8 Å². The molecule has 0 aromatic heterocycles. The number of hydrogen-bond acceptors (Lipinski definition) is 4. The van der Waals surface area contributed by atoms with Gasteiger partial charge in [0.15, 0.2) is 5.96 Å². The van der Waals surface area contributed by atoms with Crippen LogP contribution in [-0.2, 0) is 9.59 Å². The van der Waals surface area contributed by atoms with Crippen molar-refractivity contribution in [3.05, 3.63) is 35.9 Å². The van der Waals surface area contributed by atoms with Crippen LogP contribution >= 0.6 is 0 Å². The summed E-state index contributed by atoms with van der Waals surface area (Å²) in [7, 11) is 0. The molecule has 1 aliphatic heterocycles. The third kappa shape index (κ3) is 9.02. The average molecular weight is 391 g/mol. The molecular formula is C22H38N4O2. The Morgan fingerprint density at radius 2 is 1.71 bits per heavy atom. The van der Waals surface area contributed by atoms with Crippen LogP contribution in [0.4, 0.5) is 0 Å². The summed E-state index contributed by atoms with van der Waals surface area (Å²) < 4.78 is 0. The van der Waals surface area contributed by atoms with Gasteiger partial charge in [-0.05, 0) is 43.1 Å². The fourth-order valence-corrected chi connectivity index (χ4v) is 3.09. The molecular weight excluding hydrogens is 352 g/mol. The first-order valence-corrected chi connectivity index (χ1v) is 10.3. The van der Waals surface area contributed by atoms with E-state index < -0.39 is 0 Å². The monoisotopic (exact) mass is 390 g/mol. The lowest BCUT2D eigenvalue weighted by Crippen LogP contribution is -2.48. The van der Waals surface area contributed by atoms with Crippen molar-refractivity contribution in [1.29, 1.82) is 0 Å². The van der Waals surface area contributed by atoms with Gasteiger partial charge in [0.2, 0.25) is 12.3 Å². The van der Waals surface area contributed by atoms with Gasteiger partial charge in [0.05, 0.1) is 12.0 Å². The highest BCUT2D eigenvalue weighted by Crippen LogP contribution is 2.41. The summed E-state index contributed by atoms with van der Waals surface area (Å²) in [6.07, 6.45) is 5.31. The molecule has 1 saturated carbocycles. The zero-order valence-electron chi connectivity index (χ0n) is 18.1. The number of guanidine groups is 1. The average Bonchev–Trinajstić information content (AvgIpc) is 3.55. The van der Waals surface area contributed by atoms with Gasteiger partial charge in [-0.3, -0.25) is 14.9 Å². The van der Waals surface area contributed by atoms with Gasteiger partial charge in [-0.2, -0.15) is 0 Å². The maximum atomic E-state index is 11.1. The molecule has 3 rings (SSSR count). The number of hydrogen-bond donors (Lipinski definition) is 3. The molecule has 2 amide bonds. The van der Waals surface area contributed by atoms with Gasteiger partial charge in [0.25, 0.3) is 0 Å². The van der Waals surface area contributed by atoms with Crippen LogP contribution in [0.1, 0.15) is 78.2 Å². The van der Waals surface area contributed by atoms with Crippen molar-refractivity contribution < 1.29 is 9.59 Å². The van der Waals surface area contributed by atoms with Crippen LogP contribution in [0.5, 0.6) is 0 Å². The van der Waals surface area contributed by atoms with E-state index in [4.69, 9.17) is 10.5 Å². The quantitative estimate of drug-likeness (QED) is 0.681. The van der Waals surface area contributed by atoms with E-state index in [0.717, 1.165) is 24.7 Å². The topological polar surface area (TPSA) is 111 Å². The zero-order valence-corrected chi connectivity index (χ0v) is 18.1. The standard InChI is InChI=1S/C11H14.C8H15N3O.C2H6.CH3NO/c1-9(11-7-8-11)10-5-3-2-4-6-10;1-3-8(4-2)5-6(12)10-7(9)11-8;1-2;2-1-3/h2-6,9,11H,7-8H2,1H3;3-5H2,1-2H3,(H3,9,10,11,12);1-2H3;1H,(H2,2,3)/t9-;;;/m0.../s1. The van der Waals surface area contributed by atoms with Gasteiger partial charge in [0, 0.05) is 0 Å². The van der Waals surface area contributed by atoms with Crippen molar-refractivity contribution in [3.8, 4) is 0 Å². The molecule has 28 heavy (non-hydrogen) atoms. The van der Waals surface area contributed by atoms with Gasteiger partial charge < -0.3 is 11.5 Å². The number of aliphatic imine (C=N–C) groups is 1. The van der Waals surface area contributed by atoms with E-state index in [-0.39, 0.29) is 23.8 Å². The van der Waals surface area contributed by atoms with E-state index in [0.29, 0.717) is 6.42 Å². The molecule has 5 N–H and O–H groups in total. The molecule has 0 radical (unpaired) electrons. The Bertz CT molecular complexity index is 594. The molecule has 0 bridgehead atoms. The molecule has 158 valence electrons. The number of primary amides is 1. The molecule has 1 aromatic carbocycles. The summed E-state index contributed by atoms with van der Waals surface area (Å²) in [5.41, 5.74) is 10.9. The lowest BCUT2D eigenvalue weighted by molar-refractivity contribution is -0.121. The third-order valence-electron chi connectivity index (χ3n) is 5.09. The molecule has 0 unspecified atom stereocenters. The van der Waals surface area contributed by atoms with Crippen LogP contribution in [0, 0.1) is 5.92 Å². The zero-order chi connectivity index (χ0) is 21.6. The van der Waals surface area contributed by atoms with Crippen LogP contribution in [0.15, 0.2) is 35.3 Å². The highest BCUT2D eigenvalue weighted by Gasteiger charge is 2.32. The van der Waals surface area contributed by atoms with Gasteiger partial charge >= 0.3 is 0 Å². The number of rotatable bonds is 4. The van der Waals surface area contributed by atoms with Crippen LogP contribution in [0.3, 0.4) is 0 Å². The van der Waals surface area contributed by atoms with E-state index in [1.807, 2.05) is 27.7 Å². The van der Waals surface area contributed by atoms with E-state index in [2.05, 4.69) is 53.3 Å². The maximum Gasteiger partial charge on any atom is 0.229 e. The fourth-order valence-electron chi connectivity index (χ4n) is 3.09. The number of amides is 2. The smallest absolute Gasteiger partial charge is 0.229 e.